The molecule has 2 aromatic carbocycles. The van der Waals surface area contributed by atoms with Gasteiger partial charge in [-0.15, -0.1) is 6.42 Å². The van der Waals surface area contributed by atoms with Crippen molar-refractivity contribution in [1.29, 1.82) is 0 Å². The van der Waals surface area contributed by atoms with E-state index < -0.39 is 59.3 Å². The first-order valence-electron chi connectivity index (χ1n) is 17.2. The van der Waals surface area contributed by atoms with Crippen LogP contribution in [0.1, 0.15) is 37.7 Å². The van der Waals surface area contributed by atoms with Crippen LogP contribution in [-0.2, 0) is 0 Å². The molecule has 2 bridgehead atoms. The van der Waals surface area contributed by atoms with Gasteiger partial charge in [-0.2, -0.15) is 36.3 Å². The number of hydrogen-bond donors (Lipinski definition) is 2. The number of nitrogens with one attached hydrogen (secondary N) is 1. The molecule has 0 amide bonds. The van der Waals surface area contributed by atoms with Gasteiger partial charge in [0.2, 0.25) is 5.88 Å². The monoisotopic (exact) mass is 760 g/mol. The average molecular weight is 761 g/mol. The minimum absolute atomic E-state index is 0.0612. The number of hydrogen-bond acceptors (Lipinski definition) is 9. The molecule has 0 aliphatic carbocycles. The molecule has 4 aliphatic heterocycles. The summed E-state index contributed by atoms with van der Waals surface area (Å²) in [7, 11) is 1.31. The minimum Gasteiger partial charge on any atom is -0.508 e. The van der Waals surface area contributed by atoms with E-state index in [-0.39, 0.29) is 82.5 Å². The van der Waals surface area contributed by atoms with Gasteiger partial charge in [0.15, 0.2) is 5.82 Å². The van der Waals surface area contributed by atoms with Crippen LogP contribution in [0.15, 0.2) is 35.4 Å². The number of alkyl halides is 6. The number of pyridine rings is 1. The molecule has 3 atom stereocenters. The van der Waals surface area contributed by atoms with E-state index in [1.54, 1.807) is 4.90 Å². The number of aromatic nitrogens is 3. The van der Waals surface area contributed by atoms with Gasteiger partial charge < -0.3 is 24.8 Å². The van der Waals surface area contributed by atoms with Crippen LogP contribution >= 0.6 is 0 Å². The van der Waals surface area contributed by atoms with Gasteiger partial charge in [0.25, 0.3) is 0 Å². The van der Waals surface area contributed by atoms with E-state index in [1.165, 1.54) is 25.3 Å². The normalized spacial score (nSPS) is 23.0. The van der Waals surface area contributed by atoms with Gasteiger partial charge in [0, 0.05) is 42.7 Å². The van der Waals surface area contributed by atoms with Crippen LogP contribution in [0.25, 0.3) is 32.9 Å². The van der Waals surface area contributed by atoms with Crippen LogP contribution in [-0.4, -0.2) is 94.8 Å². The smallest absolute Gasteiger partial charge is 0.421 e. The summed E-state index contributed by atoms with van der Waals surface area (Å²) in [5, 5.41) is 14.6. The molecule has 4 saturated heterocycles. The van der Waals surface area contributed by atoms with Crippen molar-refractivity contribution in [2.75, 3.05) is 44.8 Å². The second-order valence-electron chi connectivity index (χ2n) is 14.2. The van der Waals surface area contributed by atoms with Gasteiger partial charge in [-0.25, -0.2) is 13.8 Å². The second-order valence-corrected chi connectivity index (χ2v) is 14.2. The number of methoxy groups -OCH3 is 1. The van der Waals surface area contributed by atoms with Crippen molar-refractivity contribution in [3.8, 4) is 41.2 Å². The molecule has 54 heavy (non-hydrogen) atoms. The largest absolute Gasteiger partial charge is 0.508 e. The van der Waals surface area contributed by atoms with Crippen molar-refractivity contribution in [2.24, 2.45) is 0 Å². The van der Waals surface area contributed by atoms with Gasteiger partial charge in [-0.1, -0.05) is 12.0 Å². The van der Waals surface area contributed by atoms with Gasteiger partial charge in [0.1, 0.15) is 46.2 Å². The van der Waals surface area contributed by atoms with E-state index >= 15 is 4.39 Å². The van der Waals surface area contributed by atoms with E-state index in [9.17, 15) is 35.8 Å². The lowest BCUT2D eigenvalue weighted by molar-refractivity contribution is -0.173. The van der Waals surface area contributed by atoms with Crippen molar-refractivity contribution >= 4 is 27.5 Å². The van der Waals surface area contributed by atoms with Crippen LogP contribution in [0.5, 0.6) is 17.6 Å². The molecule has 2 N–H and O–H groups in total. The van der Waals surface area contributed by atoms with Crippen LogP contribution in [0, 0.1) is 24.0 Å². The number of terminal acetylenes is 1. The Morgan fingerprint density at radius 2 is 1.76 bits per heavy atom. The zero-order valence-corrected chi connectivity index (χ0v) is 28.6. The molecule has 4 fully saturated rings. The van der Waals surface area contributed by atoms with E-state index in [2.05, 4.69) is 26.2 Å². The molecule has 0 saturated carbocycles. The lowest BCUT2D eigenvalue weighted by Gasteiger charge is -2.34. The fourth-order valence-corrected chi connectivity index (χ4v) is 8.71. The number of phenolic OH excluding ortho intramolecular Hbond substituents is 1. The predicted molar refractivity (Wildman–Crippen MR) is 181 cm³/mol. The van der Waals surface area contributed by atoms with Crippen LogP contribution < -0.4 is 19.7 Å². The first-order chi connectivity index (χ1) is 25.6. The number of allylic oxidation sites excluding steroid dienone is 1. The third-order valence-electron chi connectivity index (χ3n) is 10.9. The Labute approximate surface area is 303 Å². The molecule has 0 spiro atoms. The number of anilines is 1. The summed E-state index contributed by atoms with van der Waals surface area (Å²) in [6.45, 7) is 0.252. The van der Waals surface area contributed by atoms with Gasteiger partial charge in [0.05, 0.1) is 18.2 Å². The second kappa shape index (κ2) is 12.8. The van der Waals surface area contributed by atoms with Gasteiger partial charge in [-0.05, 0) is 67.8 Å². The minimum atomic E-state index is -5.61. The van der Waals surface area contributed by atoms with Crippen LogP contribution in [0.2, 0.25) is 0 Å². The molecule has 6 heterocycles. The molecule has 4 aromatic rings. The predicted octanol–water partition coefficient (Wildman–Crippen LogP) is 6.80. The number of ether oxygens (including phenoxy) is 2. The Balaban J connectivity index is 1.28. The number of rotatable bonds is 6. The Kier molecular flexibility index (Phi) is 8.57. The van der Waals surface area contributed by atoms with Crippen molar-refractivity contribution < 1.29 is 49.7 Å². The number of fused-ring (bicyclic) bond motifs is 5. The molecule has 17 heteroatoms. The molecule has 3 unspecified atom stereocenters. The quantitative estimate of drug-likeness (QED) is 0.125. The molecule has 4 aliphatic rings. The summed E-state index contributed by atoms with van der Waals surface area (Å²) in [6, 6.07) is 4.81. The Morgan fingerprint density at radius 3 is 2.43 bits per heavy atom. The summed E-state index contributed by atoms with van der Waals surface area (Å²) in [4.78, 5) is 17.0. The number of phenols is 1. The van der Waals surface area contributed by atoms with Crippen LogP contribution in [0.4, 0.5) is 40.9 Å². The lowest BCUT2D eigenvalue weighted by Crippen LogP contribution is -2.51. The zero-order chi connectivity index (χ0) is 38.3. The highest BCUT2D eigenvalue weighted by Gasteiger charge is 2.57. The summed E-state index contributed by atoms with van der Waals surface area (Å²) in [5.41, 5.74) is -5.49. The van der Waals surface area contributed by atoms with E-state index in [1.807, 2.05) is 4.90 Å². The standard InChI is InChI=1S/C37H32F8N6O3/c1-3-23-25(38)8-5-18-11-22(52)12-24(26(18)23)29-28(39)30-27(33(47-29)53-2)32(50-15-20-6-7-21(16-50)46-20)49-34(48-30)54-17-35-9-4-10-51(35)14-19(13-35)31(36(40,41)42)37(43,44)45/h1,5,8,11-12,20-21,46,52H,4,6-7,9-10,13-17H2,2H3. The number of aromatic hydroxyl groups is 1. The average Bonchev–Trinajstić information content (AvgIpc) is 3.76. The molecule has 2 aromatic heterocycles. The highest BCUT2D eigenvalue weighted by molar-refractivity contribution is 6.04. The Bertz CT molecular complexity index is 2240. The third-order valence-corrected chi connectivity index (χ3v) is 10.9. The fourth-order valence-electron chi connectivity index (χ4n) is 8.71. The van der Waals surface area contributed by atoms with E-state index in [0.29, 0.717) is 24.9 Å². The maximum absolute atomic E-state index is 17.1. The molecule has 0 radical (unpaired) electrons. The Morgan fingerprint density at radius 1 is 1.04 bits per heavy atom. The fraction of sp³-hybridized carbons (Fsp3) is 0.432. The number of piperazine rings is 1. The summed E-state index contributed by atoms with van der Waals surface area (Å²) in [5.74, 6) is 0.298. The van der Waals surface area contributed by atoms with Gasteiger partial charge in [-0.3, -0.25) is 4.90 Å². The molecule has 284 valence electrons. The SMILES string of the molecule is C#Cc1c(F)ccc2cc(O)cc(-c3nc(OC)c4c(N5CC6CCC(C5)N6)nc(OCC56CCCN5CC(=C(C(F)(F)F)C(F)(F)F)C6)nc4c3F)c12. The number of nitrogens with zero attached hydrogens (tertiary/aromatic N) is 5. The highest BCUT2D eigenvalue weighted by atomic mass is 19.4. The van der Waals surface area contributed by atoms with E-state index in [0.717, 1.165) is 18.9 Å². The maximum atomic E-state index is 17.1. The summed E-state index contributed by atoms with van der Waals surface area (Å²) >= 11 is 0. The Hall–Kier alpha value is -4.95. The molecular weight excluding hydrogens is 728 g/mol. The topological polar surface area (TPSA) is 95.9 Å². The van der Waals surface area contributed by atoms with E-state index in [4.69, 9.17) is 15.9 Å². The van der Waals surface area contributed by atoms with Crippen molar-refractivity contribution in [3.63, 3.8) is 0 Å². The first-order valence-corrected chi connectivity index (χ1v) is 17.2. The van der Waals surface area contributed by atoms with Crippen molar-refractivity contribution in [2.45, 2.75) is 62.1 Å². The van der Waals surface area contributed by atoms with Crippen LogP contribution in [0.3, 0.4) is 0 Å². The number of halogens is 8. The number of benzene rings is 2. The first kappa shape index (κ1) is 36.0. The summed E-state index contributed by atoms with van der Waals surface area (Å²) < 4.78 is 126. The molecular formula is C37H32F8N6O3. The third kappa shape index (κ3) is 5.99. The highest BCUT2D eigenvalue weighted by Crippen LogP contribution is 2.49. The van der Waals surface area contributed by atoms with Crippen molar-refractivity contribution in [3.05, 3.63) is 52.6 Å². The molecule has 8 rings (SSSR count). The maximum Gasteiger partial charge on any atom is 0.421 e. The lowest BCUT2D eigenvalue weighted by atomic mass is 9.91. The van der Waals surface area contributed by atoms with Crippen molar-refractivity contribution in [1.82, 2.24) is 25.2 Å². The summed E-state index contributed by atoms with van der Waals surface area (Å²) in [6.07, 6.45) is -3.57. The van der Waals surface area contributed by atoms with Gasteiger partial charge >= 0.3 is 18.4 Å². The molecule has 9 nitrogen and oxygen atoms in total. The zero-order valence-electron chi connectivity index (χ0n) is 28.6.